The van der Waals surface area contributed by atoms with Gasteiger partial charge in [0.1, 0.15) is 5.60 Å². The third-order valence-electron chi connectivity index (χ3n) is 2.70. The Balaban J connectivity index is 2.68. The van der Waals surface area contributed by atoms with Crippen LogP contribution in [-0.2, 0) is 4.74 Å². The van der Waals surface area contributed by atoms with Crippen molar-refractivity contribution in [2.75, 3.05) is 13.2 Å². The van der Waals surface area contributed by atoms with Gasteiger partial charge in [0.25, 0.3) is 5.92 Å². The van der Waals surface area contributed by atoms with Gasteiger partial charge in [0.05, 0.1) is 6.54 Å². The molecular weight excluding hydrogens is 244 g/mol. The van der Waals surface area contributed by atoms with Crippen LogP contribution in [0.1, 0.15) is 40.0 Å². The molecule has 1 saturated heterocycles. The van der Waals surface area contributed by atoms with Crippen LogP contribution in [0.2, 0.25) is 0 Å². The molecule has 4 nitrogen and oxygen atoms in total. The zero-order valence-corrected chi connectivity index (χ0v) is 11.1. The molecule has 0 spiro atoms. The molecule has 0 aromatic heterocycles. The molecule has 1 N–H and O–H groups in total. The van der Waals surface area contributed by atoms with Crippen LogP contribution in [0.25, 0.3) is 0 Å². The van der Waals surface area contributed by atoms with Gasteiger partial charge in [0, 0.05) is 19.1 Å². The van der Waals surface area contributed by atoms with E-state index in [0.717, 1.165) is 4.90 Å². The second kappa shape index (κ2) is 5.38. The summed E-state index contributed by atoms with van der Waals surface area (Å²) in [6.45, 7) is 4.42. The van der Waals surface area contributed by atoms with E-state index in [2.05, 4.69) is 0 Å². The lowest BCUT2D eigenvalue weighted by Crippen LogP contribution is -2.40. The van der Waals surface area contributed by atoms with Crippen molar-refractivity contribution in [3.05, 3.63) is 0 Å². The lowest BCUT2D eigenvalue weighted by molar-refractivity contribution is -0.00250. The molecule has 0 saturated carbocycles. The smallest absolute Gasteiger partial charge is 0.410 e. The summed E-state index contributed by atoms with van der Waals surface area (Å²) in [5.74, 6) is -2.86. The maximum Gasteiger partial charge on any atom is 0.410 e. The van der Waals surface area contributed by atoms with Crippen LogP contribution in [0.4, 0.5) is 13.6 Å². The number of nitrogens with zero attached hydrogens (tertiary/aromatic N) is 1. The molecule has 6 heteroatoms. The molecule has 106 valence electrons. The van der Waals surface area contributed by atoms with Crippen LogP contribution < -0.4 is 0 Å². The average Bonchev–Trinajstić information content (AvgIpc) is 2.48. The lowest BCUT2D eigenvalue weighted by atomic mass is 10.1. The number of hydrogen-bond donors (Lipinski definition) is 1. The molecule has 0 aliphatic carbocycles. The van der Waals surface area contributed by atoms with Crippen LogP contribution in [-0.4, -0.2) is 46.8 Å². The topological polar surface area (TPSA) is 49.8 Å². The summed E-state index contributed by atoms with van der Waals surface area (Å²) < 4.78 is 31.8. The van der Waals surface area contributed by atoms with Gasteiger partial charge in [-0.1, -0.05) is 0 Å². The molecule has 1 aliphatic heterocycles. The first-order chi connectivity index (χ1) is 8.14. The number of aliphatic hydroxyl groups is 1. The van der Waals surface area contributed by atoms with Gasteiger partial charge in [-0.15, -0.1) is 0 Å². The molecule has 0 aromatic rings. The Kier molecular flexibility index (Phi) is 4.53. The lowest BCUT2D eigenvalue weighted by Gasteiger charge is -2.28. The second-order valence-electron chi connectivity index (χ2n) is 5.69. The zero-order chi connectivity index (χ0) is 14.0. The molecule has 1 amide bonds. The zero-order valence-electron chi connectivity index (χ0n) is 11.1. The number of amides is 1. The van der Waals surface area contributed by atoms with Crippen molar-refractivity contribution in [2.24, 2.45) is 0 Å². The van der Waals surface area contributed by atoms with E-state index in [9.17, 15) is 13.6 Å². The van der Waals surface area contributed by atoms with Crippen molar-refractivity contribution in [1.29, 1.82) is 0 Å². The SMILES string of the molecule is CC(C)(C)OC(=O)N1CC(F)(F)CC1CCCO. The molecule has 0 aromatic carbocycles. The number of carbonyl (C=O) groups excluding carboxylic acids is 1. The largest absolute Gasteiger partial charge is 0.444 e. The van der Waals surface area contributed by atoms with Crippen molar-refractivity contribution >= 4 is 6.09 Å². The summed E-state index contributed by atoms with van der Waals surface area (Å²) in [5, 5.41) is 8.75. The van der Waals surface area contributed by atoms with Crippen molar-refractivity contribution in [1.82, 2.24) is 4.90 Å². The highest BCUT2D eigenvalue weighted by Crippen LogP contribution is 2.34. The monoisotopic (exact) mass is 265 g/mol. The number of alkyl halides is 2. The molecule has 18 heavy (non-hydrogen) atoms. The average molecular weight is 265 g/mol. The maximum absolute atomic E-state index is 13.4. The van der Waals surface area contributed by atoms with Gasteiger partial charge >= 0.3 is 6.09 Å². The van der Waals surface area contributed by atoms with E-state index in [1.54, 1.807) is 20.8 Å². The fourth-order valence-electron chi connectivity index (χ4n) is 2.02. The van der Waals surface area contributed by atoms with Crippen molar-refractivity contribution < 1.29 is 23.4 Å². The summed E-state index contributed by atoms with van der Waals surface area (Å²) in [4.78, 5) is 12.9. The molecule has 0 bridgehead atoms. The summed E-state index contributed by atoms with van der Waals surface area (Å²) in [6.07, 6.45) is -0.292. The minimum absolute atomic E-state index is 0.0652. The molecule has 1 heterocycles. The van der Waals surface area contributed by atoms with Gasteiger partial charge < -0.3 is 9.84 Å². The van der Waals surface area contributed by atoms with E-state index in [-0.39, 0.29) is 13.0 Å². The minimum atomic E-state index is -2.86. The summed E-state index contributed by atoms with van der Waals surface area (Å²) in [5.41, 5.74) is -0.698. The standard InChI is InChI=1S/C12H21F2NO3/c1-11(2,3)18-10(17)15-8-12(13,14)7-9(15)5-4-6-16/h9,16H,4-8H2,1-3H3. The first-order valence-corrected chi connectivity index (χ1v) is 6.13. The third kappa shape index (κ3) is 4.40. The van der Waals surface area contributed by atoms with E-state index in [1.165, 1.54) is 0 Å². The predicted molar refractivity (Wildman–Crippen MR) is 62.6 cm³/mol. The Morgan fingerprint density at radius 2 is 2.11 bits per heavy atom. The van der Waals surface area contributed by atoms with Gasteiger partial charge in [-0.3, -0.25) is 4.90 Å². The van der Waals surface area contributed by atoms with E-state index in [4.69, 9.17) is 9.84 Å². The highest BCUT2D eigenvalue weighted by Gasteiger charge is 2.47. The Bertz CT molecular complexity index is 302. The van der Waals surface area contributed by atoms with Gasteiger partial charge in [-0.25, -0.2) is 13.6 Å². The van der Waals surface area contributed by atoms with E-state index in [1.807, 2.05) is 0 Å². The molecular formula is C12H21F2NO3. The maximum atomic E-state index is 13.4. The Morgan fingerprint density at radius 3 is 2.61 bits per heavy atom. The predicted octanol–water partition coefficient (Wildman–Crippen LogP) is 2.40. The second-order valence-corrected chi connectivity index (χ2v) is 5.69. The number of hydrogen-bond acceptors (Lipinski definition) is 3. The van der Waals surface area contributed by atoms with Crippen molar-refractivity contribution in [3.8, 4) is 0 Å². The number of halogens is 2. The summed E-state index contributed by atoms with van der Waals surface area (Å²) in [6, 6.07) is -0.554. The number of rotatable bonds is 3. The van der Waals surface area contributed by atoms with E-state index >= 15 is 0 Å². The van der Waals surface area contributed by atoms with E-state index in [0.29, 0.717) is 12.8 Å². The first kappa shape index (κ1) is 15.1. The normalized spacial score (nSPS) is 23.2. The van der Waals surface area contributed by atoms with Crippen molar-refractivity contribution in [3.63, 3.8) is 0 Å². The Labute approximate surface area is 106 Å². The molecule has 1 unspecified atom stereocenters. The van der Waals surface area contributed by atoms with Gasteiger partial charge in [-0.2, -0.15) is 0 Å². The molecule has 1 fully saturated rings. The van der Waals surface area contributed by atoms with Crippen molar-refractivity contribution in [2.45, 2.75) is 57.6 Å². The van der Waals surface area contributed by atoms with Crippen LogP contribution in [0, 0.1) is 0 Å². The summed E-state index contributed by atoms with van der Waals surface area (Å²) in [7, 11) is 0. The van der Waals surface area contributed by atoms with Crippen LogP contribution in [0.3, 0.4) is 0 Å². The highest BCUT2D eigenvalue weighted by molar-refractivity contribution is 5.69. The van der Waals surface area contributed by atoms with Crippen LogP contribution >= 0.6 is 0 Å². The quantitative estimate of drug-likeness (QED) is 0.852. The van der Waals surface area contributed by atoms with Crippen LogP contribution in [0.5, 0.6) is 0 Å². The van der Waals surface area contributed by atoms with E-state index < -0.39 is 30.2 Å². The molecule has 0 radical (unpaired) electrons. The summed E-state index contributed by atoms with van der Waals surface area (Å²) >= 11 is 0. The van der Waals surface area contributed by atoms with Gasteiger partial charge in [-0.05, 0) is 33.6 Å². The number of likely N-dealkylation sites (tertiary alicyclic amines) is 1. The Morgan fingerprint density at radius 1 is 1.50 bits per heavy atom. The number of ether oxygens (including phenoxy) is 1. The molecule has 1 aliphatic rings. The fourth-order valence-corrected chi connectivity index (χ4v) is 2.02. The number of aliphatic hydroxyl groups excluding tert-OH is 1. The number of carbonyl (C=O) groups is 1. The fraction of sp³-hybridized carbons (Fsp3) is 0.917. The third-order valence-corrected chi connectivity index (χ3v) is 2.70. The molecule has 1 atom stereocenters. The molecule has 1 rings (SSSR count). The first-order valence-electron chi connectivity index (χ1n) is 6.13. The minimum Gasteiger partial charge on any atom is -0.444 e. The highest BCUT2D eigenvalue weighted by atomic mass is 19.3. The van der Waals surface area contributed by atoms with Gasteiger partial charge in [0.15, 0.2) is 0 Å². The van der Waals surface area contributed by atoms with Crippen LogP contribution in [0.15, 0.2) is 0 Å². The van der Waals surface area contributed by atoms with Gasteiger partial charge in [0.2, 0.25) is 0 Å². The Hall–Kier alpha value is -0.910.